The van der Waals surface area contributed by atoms with Crippen molar-refractivity contribution in [3.63, 3.8) is 0 Å². The number of methoxy groups -OCH3 is 3. The van der Waals surface area contributed by atoms with Crippen LogP contribution in [0.1, 0.15) is 224 Å². The number of imidazole rings is 3. The molecule has 9 rings (SSSR count). The number of rotatable bonds is 15. The lowest BCUT2D eigenvalue weighted by Crippen LogP contribution is -2.38. The molecule has 2 fully saturated rings. The second kappa shape index (κ2) is 36.8. The fourth-order valence-corrected chi connectivity index (χ4v) is 14.6. The third kappa shape index (κ3) is 25.3. The van der Waals surface area contributed by atoms with Crippen LogP contribution in [0.3, 0.4) is 0 Å². The van der Waals surface area contributed by atoms with Crippen molar-refractivity contribution in [2.45, 2.75) is 168 Å². The van der Waals surface area contributed by atoms with Crippen LogP contribution in [0.4, 0.5) is 17.1 Å². The van der Waals surface area contributed by atoms with Crippen LogP contribution >= 0.6 is 61.3 Å². The second-order valence-electron chi connectivity index (χ2n) is 29.6. The van der Waals surface area contributed by atoms with Gasteiger partial charge in [-0.25, -0.2) is 34.1 Å². The van der Waals surface area contributed by atoms with Crippen LogP contribution < -0.4 is 15.1 Å². The number of ether oxygens (including phenoxy) is 3. The van der Waals surface area contributed by atoms with E-state index in [1.54, 1.807) is 34.5 Å². The van der Waals surface area contributed by atoms with E-state index in [0.717, 1.165) is 99.1 Å². The standard InChI is InChI=1S/C25H33N3O3S.C24H31N3O3S.C17H21N3O2S.C12H13BrO2S/c1-17-7-9-18(10-8-17)23(29)28(16-21-26-13-14-27(21)5)20-15-19(11-12-25(2,3)4)32-22(20)24(30)31-6;1-16-6-8-17(9-7-16)22(28)27(15-20-25-12-13-26(20)5)19-14-18(10-11-24(2,3)4)31-21(19)23(29)30;1-17(2,3)7-6-12-10-13(15(23-12)16(21)22-5)19-11-14-18-8-9-20(14)4;1-12(2,3)6-5-8-7-9(13)10(16-8)11(14)15-4/h13-15,17-18H,7-10,16H2,1-6H3;12-14,16-17H,6-9,15H2,1-5H3,(H,29,30);8-10,19H,11H2,1-5H3;7H,1-4H3. The minimum absolute atomic E-state index is 0.0227. The van der Waals surface area contributed by atoms with Gasteiger partial charge in [-0.3, -0.25) is 9.59 Å². The van der Waals surface area contributed by atoms with Crippen molar-refractivity contribution >= 4 is 114 Å². The topological polar surface area (TPSA) is 222 Å². The minimum atomic E-state index is -1.04. The van der Waals surface area contributed by atoms with Crippen molar-refractivity contribution in [1.82, 2.24) is 28.7 Å². The summed E-state index contributed by atoms with van der Waals surface area (Å²) in [5.74, 6) is 26.4. The molecular formula is C78H98BrN9O10S4. The van der Waals surface area contributed by atoms with E-state index in [-0.39, 0.29) is 68.7 Å². The summed E-state index contributed by atoms with van der Waals surface area (Å²) in [6.45, 7) is 29.9. The Morgan fingerprint density at radius 2 is 0.824 bits per heavy atom. The van der Waals surface area contributed by atoms with Crippen LogP contribution in [0.15, 0.2) is 65.9 Å². The lowest BCUT2D eigenvalue weighted by atomic mass is 9.82. The summed E-state index contributed by atoms with van der Waals surface area (Å²) in [4.78, 5) is 96.5. The molecule has 19 nitrogen and oxygen atoms in total. The van der Waals surface area contributed by atoms with Crippen LogP contribution in [0.25, 0.3) is 0 Å². The van der Waals surface area contributed by atoms with Crippen molar-refractivity contribution in [3.05, 3.63) is 122 Å². The molecule has 7 heterocycles. The number of anilines is 3. The molecular weight excluding hydrogens is 1430 g/mol. The fraction of sp³-hybridized carbons (Fsp3) is 0.500. The number of aryl methyl sites for hydroxylation is 3. The zero-order valence-corrected chi connectivity index (χ0v) is 67.4. The number of esters is 3. The Morgan fingerprint density at radius 1 is 0.500 bits per heavy atom. The molecule has 0 aliphatic heterocycles. The molecule has 0 spiro atoms. The molecule has 24 heteroatoms. The number of hydrogen-bond donors (Lipinski definition) is 2. The second-order valence-corrected chi connectivity index (χ2v) is 34.6. The molecule has 2 N–H and O–H groups in total. The highest BCUT2D eigenvalue weighted by molar-refractivity contribution is 9.10. The normalized spacial score (nSPS) is 15.7. The Morgan fingerprint density at radius 3 is 1.19 bits per heavy atom. The molecule has 546 valence electrons. The average molecular weight is 1530 g/mol. The molecule has 2 amide bonds. The van der Waals surface area contributed by atoms with Gasteiger partial charge in [-0.15, -0.1) is 45.3 Å². The number of thiophene rings is 4. The fourth-order valence-electron chi connectivity index (χ4n) is 10.3. The van der Waals surface area contributed by atoms with E-state index in [1.165, 1.54) is 55.3 Å². The Kier molecular flexibility index (Phi) is 29.8. The number of carboxylic acid groups (broad SMARTS) is 1. The zero-order chi connectivity index (χ0) is 75.6. The first-order chi connectivity index (χ1) is 47.8. The molecule has 7 aromatic rings. The van der Waals surface area contributed by atoms with E-state index in [4.69, 9.17) is 9.47 Å². The van der Waals surface area contributed by atoms with Crippen LogP contribution in [0.2, 0.25) is 0 Å². The summed E-state index contributed by atoms with van der Waals surface area (Å²) in [7, 11) is 9.82. The third-order valence-corrected chi connectivity index (χ3v) is 21.0. The highest BCUT2D eigenvalue weighted by Crippen LogP contribution is 2.39. The Labute approximate surface area is 627 Å². The number of hydrogen-bond acceptors (Lipinski definition) is 17. The predicted octanol–water partition coefficient (Wildman–Crippen LogP) is 16.9. The van der Waals surface area contributed by atoms with Crippen LogP contribution in [0, 0.1) is 92.7 Å². The zero-order valence-electron chi connectivity index (χ0n) is 62.6. The quantitative estimate of drug-likeness (QED) is 0.0554. The van der Waals surface area contributed by atoms with Crippen molar-refractivity contribution in [2.24, 2.45) is 66.5 Å². The smallest absolute Gasteiger partial charge is 0.350 e. The number of carboxylic acids is 1. The molecule has 0 bridgehead atoms. The van der Waals surface area contributed by atoms with Gasteiger partial charge in [0.2, 0.25) is 11.8 Å². The Hall–Kier alpha value is -8.23. The van der Waals surface area contributed by atoms with Crippen LogP contribution in [0.5, 0.6) is 0 Å². The van der Waals surface area contributed by atoms with Gasteiger partial charge in [-0.2, -0.15) is 0 Å². The van der Waals surface area contributed by atoms with E-state index >= 15 is 0 Å². The first-order valence-electron chi connectivity index (χ1n) is 33.8. The molecule has 2 aliphatic rings. The Bertz CT molecular complexity index is 4330. The lowest BCUT2D eigenvalue weighted by Gasteiger charge is -2.31. The summed E-state index contributed by atoms with van der Waals surface area (Å²) in [6, 6.07) is 7.33. The van der Waals surface area contributed by atoms with Crippen molar-refractivity contribution in [1.29, 1.82) is 0 Å². The molecule has 7 aromatic heterocycles. The van der Waals surface area contributed by atoms with Crippen LogP contribution in [-0.2, 0) is 64.6 Å². The van der Waals surface area contributed by atoms with E-state index in [9.17, 15) is 33.9 Å². The van der Waals surface area contributed by atoms with Crippen molar-refractivity contribution in [3.8, 4) is 47.4 Å². The first-order valence-corrected chi connectivity index (χ1v) is 37.9. The monoisotopic (exact) mass is 1530 g/mol. The number of nitrogens with one attached hydrogen (secondary N) is 1. The van der Waals surface area contributed by atoms with Gasteiger partial charge in [0.05, 0.1) is 77.5 Å². The van der Waals surface area contributed by atoms with Gasteiger partial charge >= 0.3 is 23.9 Å². The molecule has 0 atom stereocenters. The maximum Gasteiger partial charge on any atom is 0.350 e. The van der Waals surface area contributed by atoms with E-state index in [0.29, 0.717) is 61.6 Å². The summed E-state index contributed by atoms with van der Waals surface area (Å²) in [5.41, 5.74) is 1.21. The maximum absolute atomic E-state index is 13.7. The number of nitrogens with zero attached hydrogens (tertiary/aromatic N) is 8. The molecule has 2 saturated carbocycles. The van der Waals surface area contributed by atoms with Crippen molar-refractivity contribution < 1.29 is 48.1 Å². The van der Waals surface area contributed by atoms with E-state index in [2.05, 4.69) is 123 Å². The highest BCUT2D eigenvalue weighted by atomic mass is 79.9. The lowest BCUT2D eigenvalue weighted by molar-refractivity contribution is -0.124. The molecule has 102 heavy (non-hydrogen) atoms. The largest absolute Gasteiger partial charge is 0.477 e. The summed E-state index contributed by atoms with van der Waals surface area (Å²) in [5, 5.41) is 13.1. The first kappa shape index (κ1) is 82.7. The molecule has 2 aliphatic carbocycles. The number of carbonyl (C=O) groups excluding carboxylic acids is 5. The minimum Gasteiger partial charge on any atom is -0.477 e. The van der Waals surface area contributed by atoms with Gasteiger partial charge in [-0.05, 0) is 186 Å². The number of carbonyl (C=O) groups is 6. The summed E-state index contributed by atoms with van der Waals surface area (Å²) < 4.78 is 21.0. The number of aromatic nitrogens is 6. The van der Waals surface area contributed by atoms with Crippen molar-refractivity contribution in [2.75, 3.05) is 36.4 Å². The number of halogens is 1. The van der Waals surface area contributed by atoms with Gasteiger partial charge in [0, 0.05) is 96.3 Å². The average Bonchev–Trinajstić information content (AvgIpc) is 1.61. The van der Waals surface area contributed by atoms with E-state index < -0.39 is 11.9 Å². The SMILES string of the molecule is CC1CCC(C(=O)N(Cc2nccn2C)c2cc(C#CC(C)(C)C)sc2C(=O)O)CC1.COC(=O)c1sc(C#CC(C)(C)C)cc1Br.COC(=O)c1sc(C#CC(C)(C)C)cc1N(Cc1nccn1C)C(=O)C1CCC(C)CC1.COC(=O)c1sc(C#CC(C)(C)C)cc1NCc1nccn1C. The van der Waals surface area contributed by atoms with Gasteiger partial charge in [-0.1, -0.05) is 61.2 Å². The predicted molar refractivity (Wildman–Crippen MR) is 413 cm³/mol. The number of aromatic carboxylic acids is 1. The van der Waals surface area contributed by atoms with Gasteiger partial charge < -0.3 is 48.1 Å². The maximum atomic E-state index is 13.7. The Balaban J connectivity index is 0.000000220. The van der Waals surface area contributed by atoms with Crippen LogP contribution in [-0.4, -0.2) is 90.8 Å². The number of amides is 2. The van der Waals surface area contributed by atoms with Gasteiger partial charge in [0.25, 0.3) is 0 Å². The highest BCUT2D eigenvalue weighted by Gasteiger charge is 2.35. The third-order valence-electron chi connectivity index (χ3n) is 16.0. The summed E-state index contributed by atoms with van der Waals surface area (Å²) >= 11 is 8.39. The molecule has 0 unspecified atom stereocenters. The van der Waals surface area contributed by atoms with Gasteiger partial charge in [0.15, 0.2) is 0 Å². The summed E-state index contributed by atoms with van der Waals surface area (Å²) in [6.07, 6.45) is 18.2. The van der Waals surface area contributed by atoms with Gasteiger partial charge in [0.1, 0.15) is 37.0 Å². The molecule has 0 radical (unpaired) electrons. The molecule has 0 saturated heterocycles. The van der Waals surface area contributed by atoms with E-state index in [1.807, 2.05) is 134 Å². The molecule has 0 aromatic carbocycles.